The van der Waals surface area contributed by atoms with Gasteiger partial charge in [0.2, 0.25) is 0 Å². The molecule has 3 aromatic rings. The summed E-state index contributed by atoms with van der Waals surface area (Å²) in [6.07, 6.45) is 4.27. The minimum absolute atomic E-state index is 0.00311. The van der Waals surface area contributed by atoms with Crippen LogP contribution in [-0.4, -0.2) is 86.7 Å². The number of rotatable bonds is 31. The van der Waals surface area contributed by atoms with Crippen LogP contribution in [-0.2, 0) is 31.5 Å². The highest BCUT2D eigenvalue weighted by molar-refractivity contribution is 8.18. The van der Waals surface area contributed by atoms with Crippen LogP contribution in [0.25, 0.3) is 10.8 Å². The fourth-order valence-corrected chi connectivity index (χ4v) is 18.9. The lowest BCUT2D eigenvalue weighted by molar-refractivity contribution is -0.00878. The molecule has 7 nitrogen and oxygen atoms in total. The lowest BCUT2D eigenvalue weighted by atomic mass is 9.87. The lowest BCUT2D eigenvalue weighted by Gasteiger charge is -2.45. The Morgan fingerprint density at radius 2 is 1.37 bits per heavy atom. The first-order chi connectivity index (χ1) is 30.2. The van der Waals surface area contributed by atoms with Crippen LogP contribution in [0.2, 0.25) is 36.3 Å². The quantitative estimate of drug-likeness (QED) is 0.0372. The highest BCUT2D eigenvalue weighted by atomic mass is 32.2. The van der Waals surface area contributed by atoms with Crippen molar-refractivity contribution in [1.82, 2.24) is 0 Å². The fraction of sp³-hybridized carbons (Fsp3) is 0.654. The average molecular weight is 942 g/mol. The summed E-state index contributed by atoms with van der Waals surface area (Å²) >= 11 is 4.00. The van der Waals surface area contributed by atoms with Gasteiger partial charge in [-0.25, -0.2) is 0 Å². The van der Waals surface area contributed by atoms with Crippen molar-refractivity contribution in [1.29, 1.82) is 0 Å². The van der Waals surface area contributed by atoms with E-state index in [2.05, 4.69) is 97.5 Å². The summed E-state index contributed by atoms with van der Waals surface area (Å²) in [6.45, 7) is 24.5. The first-order valence-corrected chi connectivity index (χ1v) is 31.2. The van der Waals surface area contributed by atoms with Crippen LogP contribution in [0.15, 0.2) is 78.9 Å². The van der Waals surface area contributed by atoms with E-state index in [0.29, 0.717) is 39.3 Å². The van der Waals surface area contributed by atoms with E-state index in [4.69, 9.17) is 23.1 Å². The zero-order valence-electron chi connectivity index (χ0n) is 40.6. The van der Waals surface area contributed by atoms with Crippen LogP contribution in [0.4, 0.5) is 0 Å². The van der Waals surface area contributed by atoms with Gasteiger partial charge < -0.3 is 33.3 Å². The average Bonchev–Trinajstić information content (AvgIpc) is 3.28. The molecule has 0 spiro atoms. The number of hydrogen-bond donors (Lipinski definition) is 2. The molecule has 63 heavy (non-hydrogen) atoms. The van der Waals surface area contributed by atoms with E-state index in [-0.39, 0.29) is 28.6 Å². The van der Waals surface area contributed by atoms with Gasteiger partial charge >= 0.3 is 0 Å². The van der Waals surface area contributed by atoms with Crippen molar-refractivity contribution in [2.45, 2.75) is 178 Å². The van der Waals surface area contributed by atoms with Crippen molar-refractivity contribution in [3.63, 3.8) is 0 Å². The molecule has 0 amide bonds. The fourth-order valence-electron chi connectivity index (χ4n) is 9.32. The molecular weight excluding hydrogens is 857 g/mol. The van der Waals surface area contributed by atoms with E-state index in [1.165, 1.54) is 16.3 Å². The Balaban J connectivity index is 1.48. The predicted octanol–water partition coefficient (Wildman–Crippen LogP) is 13.6. The minimum atomic E-state index is -2.02. The van der Waals surface area contributed by atoms with Gasteiger partial charge in [-0.1, -0.05) is 109 Å². The molecule has 0 radical (unpaired) electrons. The molecule has 1 heterocycles. The third kappa shape index (κ3) is 17.2. The van der Waals surface area contributed by atoms with Crippen LogP contribution in [0, 0.1) is 5.92 Å². The maximum Gasteiger partial charge on any atom is 0.192 e. The molecular formula is C52H84O7S2Si2. The highest BCUT2D eigenvalue weighted by Gasteiger charge is 2.45. The second kappa shape index (κ2) is 26.6. The number of fused-ring (bicyclic) bond motifs is 1. The van der Waals surface area contributed by atoms with Gasteiger partial charge in [-0.3, -0.25) is 0 Å². The number of benzene rings is 3. The molecule has 1 aliphatic heterocycles. The summed E-state index contributed by atoms with van der Waals surface area (Å²) < 4.78 is 32.5. The topological polar surface area (TPSA) is 86.6 Å². The SMILES string of the molecule is C=C(C[C@H](O)C[C@](C)(O)CC1(C[C@H](C[C@H](CCOCc2ccc3ccccc3c2)O[Si](CC)(CC)CC)O[Si](CC)(CC)CC)SCCCS1)[C@@H](C)COCc1ccc(OC)cc1. The van der Waals surface area contributed by atoms with Crippen molar-refractivity contribution < 1.29 is 33.3 Å². The molecule has 2 N–H and O–H groups in total. The molecule has 0 aromatic heterocycles. The molecule has 0 unspecified atom stereocenters. The molecule has 1 fully saturated rings. The van der Waals surface area contributed by atoms with Crippen molar-refractivity contribution in [3.05, 3.63) is 90.0 Å². The van der Waals surface area contributed by atoms with Crippen molar-refractivity contribution in [2.75, 3.05) is 31.8 Å². The van der Waals surface area contributed by atoms with Crippen LogP contribution in [0.3, 0.4) is 0 Å². The van der Waals surface area contributed by atoms with Crippen molar-refractivity contribution in [2.24, 2.45) is 5.92 Å². The largest absolute Gasteiger partial charge is 0.497 e. The van der Waals surface area contributed by atoms with Gasteiger partial charge in [-0.2, -0.15) is 0 Å². The summed E-state index contributed by atoms with van der Waals surface area (Å²) in [6, 6.07) is 29.6. The van der Waals surface area contributed by atoms with E-state index in [1.54, 1.807) is 7.11 Å². The highest BCUT2D eigenvalue weighted by Crippen LogP contribution is 2.52. The van der Waals surface area contributed by atoms with Crippen LogP contribution >= 0.6 is 23.5 Å². The normalized spacial score (nSPS) is 17.5. The van der Waals surface area contributed by atoms with Gasteiger partial charge in [0.25, 0.3) is 0 Å². The molecule has 1 saturated heterocycles. The van der Waals surface area contributed by atoms with Crippen molar-refractivity contribution in [3.8, 4) is 5.75 Å². The molecule has 5 atom stereocenters. The molecule has 11 heteroatoms. The molecule has 0 saturated carbocycles. The zero-order chi connectivity index (χ0) is 45.9. The van der Waals surface area contributed by atoms with Gasteiger partial charge in [0.05, 0.1) is 42.7 Å². The van der Waals surface area contributed by atoms with E-state index in [1.807, 2.05) is 54.7 Å². The van der Waals surface area contributed by atoms with Gasteiger partial charge in [0, 0.05) is 31.2 Å². The van der Waals surface area contributed by atoms with E-state index >= 15 is 0 Å². The maximum atomic E-state index is 12.3. The molecule has 4 rings (SSSR count). The number of ether oxygens (including phenoxy) is 3. The van der Waals surface area contributed by atoms with Crippen LogP contribution < -0.4 is 4.74 Å². The number of aliphatic hydroxyl groups excluding tert-OH is 1. The monoisotopic (exact) mass is 941 g/mol. The lowest BCUT2D eigenvalue weighted by Crippen LogP contribution is -2.47. The molecule has 354 valence electrons. The van der Waals surface area contributed by atoms with Crippen molar-refractivity contribution >= 4 is 50.9 Å². The summed E-state index contributed by atoms with van der Waals surface area (Å²) in [7, 11) is -2.32. The Kier molecular flexibility index (Phi) is 22.8. The van der Waals surface area contributed by atoms with E-state index < -0.39 is 28.3 Å². The second-order valence-corrected chi connectivity index (χ2v) is 31.2. The smallest absolute Gasteiger partial charge is 0.192 e. The number of methoxy groups -OCH3 is 1. The van der Waals surface area contributed by atoms with Gasteiger partial charge in [0.1, 0.15) is 5.75 Å². The summed E-state index contributed by atoms with van der Waals surface area (Å²) in [5, 5.41) is 26.2. The van der Waals surface area contributed by atoms with Gasteiger partial charge in [-0.05, 0) is 133 Å². The third-order valence-corrected chi connectivity index (χ3v) is 26.5. The number of thioether (sulfide) groups is 2. The summed E-state index contributed by atoms with van der Waals surface area (Å²) in [5.74, 6) is 3.01. The standard InChI is InChI=1S/C52H84O7S2Si2/c1-11-62(12-2,13-3)58-49(28-29-56-39-44-22-25-45-20-17-18-21-46(45)33-44)34-50(59-63(14-4,15-5)16-6)36-52(60-30-19-31-61-52)40-51(9,54)35-47(53)32-41(7)42(8)37-57-38-43-23-26-48(55-10)27-24-43/h17-18,20-27,33,42,47,49-50,53-54H,7,11-16,19,28-32,34-40H2,1-6,8-10H3/t42-,47-,49-,50-,51-/m0/s1. The summed E-state index contributed by atoms with van der Waals surface area (Å²) in [4.78, 5) is 0. The second-order valence-electron chi connectivity index (χ2n) is 18.5. The minimum Gasteiger partial charge on any atom is -0.497 e. The third-order valence-electron chi connectivity index (χ3n) is 13.8. The maximum absolute atomic E-state index is 12.3. The molecule has 1 aliphatic rings. The first kappa shape index (κ1) is 54.0. The van der Waals surface area contributed by atoms with Crippen LogP contribution in [0.5, 0.6) is 5.75 Å². The molecule has 0 bridgehead atoms. The first-order valence-electron chi connectivity index (χ1n) is 24.2. The zero-order valence-corrected chi connectivity index (χ0v) is 44.2. The number of aliphatic hydroxyl groups is 2. The Morgan fingerprint density at radius 1 is 0.794 bits per heavy atom. The van der Waals surface area contributed by atoms with Gasteiger partial charge in [-0.15, -0.1) is 23.5 Å². The molecule has 3 aromatic carbocycles. The Labute approximate surface area is 393 Å². The van der Waals surface area contributed by atoms with E-state index in [0.717, 1.165) is 90.3 Å². The molecule has 0 aliphatic carbocycles. The Bertz CT molecular complexity index is 1740. The predicted molar refractivity (Wildman–Crippen MR) is 275 cm³/mol. The van der Waals surface area contributed by atoms with Crippen LogP contribution in [0.1, 0.15) is 111 Å². The Morgan fingerprint density at radius 3 is 1.97 bits per heavy atom. The van der Waals surface area contributed by atoms with E-state index in [9.17, 15) is 10.2 Å². The van der Waals surface area contributed by atoms with Gasteiger partial charge in [0.15, 0.2) is 16.6 Å². The Hall–Kier alpha value is -1.65. The summed E-state index contributed by atoms with van der Waals surface area (Å²) in [5.41, 5.74) is 2.14. The number of hydrogen-bond acceptors (Lipinski definition) is 9.